The number of benzene rings is 1. The molecule has 2 aromatic rings. The van der Waals surface area contributed by atoms with Crippen LogP contribution in [-0.4, -0.2) is 42.3 Å². The van der Waals surface area contributed by atoms with Crippen LogP contribution in [0.25, 0.3) is 0 Å². The lowest BCUT2D eigenvalue weighted by Crippen LogP contribution is -2.51. The van der Waals surface area contributed by atoms with Gasteiger partial charge in [0.2, 0.25) is 5.91 Å². The molecule has 0 atom stereocenters. The van der Waals surface area contributed by atoms with Gasteiger partial charge in [-0.05, 0) is 68.6 Å². The Kier molecular flexibility index (Phi) is 4.95. The molecule has 0 radical (unpaired) electrons. The number of amides is 1. The molecule has 6 heteroatoms. The number of hydrogen-bond donors (Lipinski definition) is 2. The van der Waals surface area contributed by atoms with Crippen molar-refractivity contribution in [1.29, 1.82) is 0 Å². The van der Waals surface area contributed by atoms with E-state index >= 15 is 0 Å². The first-order chi connectivity index (χ1) is 12.7. The van der Waals surface area contributed by atoms with Gasteiger partial charge in [-0.25, -0.2) is 0 Å². The van der Waals surface area contributed by atoms with Crippen LogP contribution in [0.1, 0.15) is 30.0 Å². The molecule has 4 rings (SSSR count). The number of nitrogens with one attached hydrogen (secondary N) is 2. The summed E-state index contributed by atoms with van der Waals surface area (Å²) in [4.78, 5) is 14.7. The zero-order valence-corrected chi connectivity index (χ0v) is 15.1. The van der Waals surface area contributed by atoms with Crippen LogP contribution in [-0.2, 0) is 4.79 Å². The van der Waals surface area contributed by atoms with Crippen molar-refractivity contribution >= 4 is 17.4 Å². The summed E-state index contributed by atoms with van der Waals surface area (Å²) in [5.74, 6) is 1.27. The largest absolute Gasteiger partial charge is 0.317 e. The Hall–Kier alpha value is -2.31. The van der Waals surface area contributed by atoms with Gasteiger partial charge >= 0.3 is 0 Å². The maximum absolute atomic E-state index is 13.0. The first-order valence-corrected chi connectivity index (χ1v) is 9.38. The molecular weight excluding hydrogens is 326 g/mol. The molecule has 0 bridgehead atoms. The van der Waals surface area contributed by atoms with Crippen LogP contribution in [0.2, 0.25) is 0 Å². The van der Waals surface area contributed by atoms with E-state index in [-0.39, 0.29) is 11.8 Å². The SMILES string of the molecule is Cc1ccc(N(C(=O)C2CNC2)c2ccc(C3CCNCC3)cc2)nn1. The molecule has 1 aromatic heterocycles. The highest BCUT2D eigenvalue weighted by molar-refractivity contribution is 6.01. The standard InChI is InChI=1S/C20H25N5O/c1-14-2-7-19(24-23-14)25(20(26)17-12-22-13-17)18-5-3-15(4-6-18)16-8-10-21-11-9-16/h2-7,16-17,21-22H,8-13H2,1H3. The Morgan fingerprint density at radius 3 is 2.31 bits per heavy atom. The van der Waals surface area contributed by atoms with Crippen molar-refractivity contribution in [3.8, 4) is 0 Å². The van der Waals surface area contributed by atoms with Crippen molar-refractivity contribution < 1.29 is 4.79 Å². The zero-order chi connectivity index (χ0) is 17.9. The lowest BCUT2D eigenvalue weighted by molar-refractivity contribution is -0.123. The maximum atomic E-state index is 13.0. The second kappa shape index (κ2) is 7.51. The molecule has 2 saturated heterocycles. The minimum absolute atomic E-state index is 0.00204. The summed E-state index contributed by atoms with van der Waals surface area (Å²) in [6, 6.07) is 12.2. The van der Waals surface area contributed by atoms with E-state index in [1.807, 2.05) is 31.2 Å². The first-order valence-electron chi connectivity index (χ1n) is 9.38. The van der Waals surface area contributed by atoms with Crippen LogP contribution in [0.3, 0.4) is 0 Å². The number of aryl methyl sites for hydroxylation is 1. The third-order valence-corrected chi connectivity index (χ3v) is 5.33. The van der Waals surface area contributed by atoms with Crippen molar-refractivity contribution in [1.82, 2.24) is 20.8 Å². The fourth-order valence-electron chi connectivity index (χ4n) is 3.58. The van der Waals surface area contributed by atoms with Crippen molar-refractivity contribution in [3.05, 3.63) is 47.7 Å². The van der Waals surface area contributed by atoms with Crippen LogP contribution in [0.5, 0.6) is 0 Å². The van der Waals surface area contributed by atoms with Gasteiger partial charge < -0.3 is 10.6 Å². The molecule has 1 aromatic carbocycles. The Bertz CT molecular complexity index is 749. The van der Waals surface area contributed by atoms with Crippen molar-refractivity contribution in [2.24, 2.45) is 5.92 Å². The van der Waals surface area contributed by atoms with Crippen LogP contribution in [0.15, 0.2) is 36.4 Å². The molecule has 0 spiro atoms. The summed E-state index contributed by atoms with van der Waals surface area (Å²) in [6.07, 6.45) is 2.33. The minimum Gasteiger partial charge on any atom is -0.317 e. The van der Waals surface area contributed by atoms with Crippen LogP contribution >= 0.6 is 0 Å². The maximum Gasteiger partial charge on any atom is 0.238 e. The van der Waals surface area contributed by atoms with E-state index in [9.17, 15) is 4.79 Å². The van der Waals surface area contributed by atoms with E-state index in [1.54, 1.807) is 4.90 Å². The van der Waals surface area contributed by atoms with Gasteiger partial charge in [0.15, 0.2) is 5.82 Å². The van der Waals surface area contributed by atoms with E-state index in [0.717, 1.165) is 37.6 Å². The van der Waals surface area contributed by atoms with Crippen molar-refractivity contribution in [2.75, 3.05) is 31.1 Å². The lowest BCUT2D eigenvalue weighted by Gasteiger charge is -2.32. The highest BCUT2D eigenvalue weighted by atomic mass is 16.2. The number of hydrogen-bond acceptors (Lipinski definition) is 5. The summed E-state index contributed by atoms with van der Waals surface area (Å²) in [6.45, 7) is 5.49. The molecule has 2 aliphatic heterocycles. The van der Waals surface area contributed by atoms with Gasteiger partial charge in [0.05, 0.1) is 17.3 Å². The molecule has 26 heavy (non-hydrogen) atoms. The minimum atomic E-state index is 0.00204. The lowest BCUT2D eigenvalue weighted by atomic mass is 9.90. The number of rotatable bonds is 4. The zero-order valence-electron chi connectivity index (χ0n) is 15.1. The average Bonchev–Trinajstić information content (AvgIpc) is 2.63. The molecule has 6 nitrogen and oxygen atoms in total. The summed E-state index contributed by atoms with van der Waals surface area (Å²) >= 11 is 0. The number of anilines is 2. The van der Waals surface area contributed by atoms with Gasteiger partial charge in [-0.3, -0.25) is 9.69 Å². The van der Waals surface area contributed by atoms with E-state index in [0.29, 0.717) is 11.7 Å². The second-order valence-corrected chi connectivity index (χ2v) is 7.18. The Balaban J connectivity index is 1.62. The first kappa shape index (κ1) is 17.1. The number of piperidine rings is 1. The van der Waals surface area contributed by atoms with Crippen LogP contribution < -0.4 is 15.5 Å². The third-order valence-electron chi connectivity index (χ3n) is 5.33. The highest BCUT2D eigenvalue weighted by Gasteiger charge is 2.32. The topological polar surface area (TPSA) is 70.2 Å². The molecule has 3 heterocycles. The number of nitrogens with zero attached hydrogens (tertiary/aromatic N) is 3. The summed E-state index contributed by atoms with van der Waals surface area (Å²) in [7, 11) is 0. The van der Waals surface area contributed by atoms with Gasteiger partial charge in [-0.2, -0.15) is 5.10 Å². The molecule has 2 aliphatic rings. The Labute approximate surface area is 154 Å². The number of aromatic nitrogens is 2. The number of carbonyl (C=O) groups excluding carboxylic acids is 1. The second-order valence-electron chi connectivity index (χ2n) is 7.18. The summed E-state index contributed by atoms with van der Waals surface area (Å²) in [5.41, 5.74) is 3.05. The predicted molar refractivity (Wildman–Crippen MR) is 102 cm³/mol. The van der Waals surface area contributed by atoms with E-state index in [2.05, 4.69) is 33.0 Å². The van der Waals surface area contributed by atoms with E-state index in [1.165, 1.54) is 18.4 Å². The molecule has 0 aliphatic carbocycles. The van der Waals surface area contributed by atoms with Gasteiger partial charge in [0.1, 0.15) is 0 Å². The van der Waals surface area contributed by atoms with Gasteiger partial charge in [-0.1, -0.05) is 12.1 Å². The molecule has 0 unspecified atom stereocenters. The highest BCUT2D eigenvalue weighted by Crippen LogP contribution is 2.30. The predicted octanol–water partition coefficient (Wildman–Crippen LogP) is 2.14. The smallest absolute Gasteiger partial charge is 0.238 e. The molecule has 0 saturated carbocycles. The normalized spacial score (nSPS) is 18.3. The summed E-state index contributed by atoms with van der Waals surface area (Å²) < 4.78 is 0. The van der Waals surface area contributed by atoms with Crippen molar-refractivity contribution in [2.45, 2.75) is 25.7 Å². The van der Waals surface area contributed by atoms with Gasteiger partial charge in [0, 0.05) is 13.1 Å². The average molecular weight is 351 g/mol. The Morgan fingerprint density at radius 2 is 1.73 bits per heavy atom. The summed E-state index contributed by atoms with van der Waals surface area (Å²) in [5, 5.41) is 15.0. The molecule has 136 valence electrons. The monoisotopic (exact) mass is 351 g/mol. The quantitative estimate of drug-likeness (QED) is 0.883. The fraction of sp³-hybridized carbons (Fsp3) is 0.450. The van der Waals surface area contributed by atoms with Crippen LogP contribution in [0, 0.1) is 12.8 Å². The molecule has 2 fully saturated rings. The van der Waals surface area contributed by atoms with E-state index in [4.69, 9.17) is 0 Å². The van der Waals surface area contributed by atoms with Crippen LogP contribution in [0.4, 0.5) is 11.5 Å². The Morgan fingerprint density at radius 1 is 1.00 bits per heavy atom. The molecule has 1 amide bonds. The fourth-order valence-corrected chi connectivity index (χ4v) is 3.58. The third kappa shape index (κ3) is 3.48. The van der Waals surface area contributed by atoms with Gasteiger partial charge in [0.25, 0.3) is 0 Å². The molecule has 2 N–H and O–H groups in total. The number of carbonyl (C=O) groups is 1. The molecular formula is C20H25N5O. The van der Waals surface area contributed by atoms with Crippen molar-refractivity contribution in [3.63, 3.8) is 0 Å². The van der Waals surface area contributed by atoms with E-state index < -0.39 is 0 Å². The van der Waals surface area contributed by atoms with Gasteiger partial charge in [-0.15, -0.1) is 5.10 Å².